The van der Waals surface area contributed by atoms with Crippen LogP contribution in [0.3, 0.4) is 0 Å². The monoisotopic (exact) mass is 704 g/mol. The topological polar surface area (TPSA) is 120 Å². The number of rotatable bonds is 2. The maximum atomic E-state index is 13.7. The van der Waals surface area contributed by atoms with Crippen LogP contribution >= 0.6 is 0 Å². The summed E-state index contributed by atoms with van der Waals surface area (Å²) < 4.78 is 164. The fourth-order valence-electron chi connectivity index (χ4n) is 5.51. The number of halogens is 12. The summed E-state index contributed by atoms with van der Waals surface area (Å²) in [6, 6.07) is 5.92. The van der Waals surface area contributed by atoms with Crippen LogP contribution in [0.25, 0.3) is 43.8 Å². The smallest absolute Gasteiger partial charge is 0.192 e. The van der Waals surface area contributed by atoms with Crippen molar-refractivity contribution in [2.45, 2.75) is 24.7 Å². The van der Waals surface area contributed by atoms with E-state index in [1.165, 1.54) is 12.4 Å². The molecule has 250 valence electrons. The minimum atomic E-state index is -5.32. The number of hydrogen-bond donors (Lipinski definition) is 0. The van der Waals surface area contributed by atoms with Gasteiger partial charge in [0.05, 0.1) is 44.1 Å². The number of fused-ring (bicyclic) bond motifs is 2. The van der Waals surface area contributed by atoms with Gasteiger partial charge in [0.2, 0.25) is 12.4 Å². The normalized spacial score (nSPS) is 13.4. The molecule has 5 aromatic rings. The molecule has 0 N–H and O–H groups in total. The average molecular weight is 704 g/mol. The van der Waals surface area contributed by atoms with Gasteiger partial charge in [0.25, 0.3) is 0 Å². The zero-order valence-electron chi connectivity index (χ0n) is 23.8. The van der Waals surface area contributed by atoms with Gasteiger partial charge in [-0.2, -0.15) is 83.7 Å². The van der Waals surface area contributed by atoms with Crippen molar-refractivity contribution in [3.63, 3.8) is 0 Å². The quantitative estimate of drug-likeness (QED) is 0.135. The van der Waals surface area contributed by atoms with E-state index in [0.717, 1.165) is 12.1 Å². The van der Waals surface area contributed by atoms with Crippen LogP contribution in [0.1, 0.15) is 33.4 Å². The van der Waals surface area contributed by atoms with Crippen molar-refractivity contribution in [2.75, 3.05) is 0 Å². The molecular weight excluding hydrogens is 696 g/mol. The fourth-order valence-corrected chi connectivity index (χ4v) is 5.51. The Morgan fingerprint density at radius 2 is 0.680 bits per heavy atom. The lowest BCUT2D eigenvalue weighted by Gasteiger charge is -2.14. The molecule has 0 aliphatic rings. The molecule has 0 spiro atoms. The Bertz CT molecular complexity index is 2290. The third-order valence-corrected chi connectivity index (χ3v) is 7.48. The molecule has 0 aliphatic heterocycles. The molecular formula is C32H8F12N6. The molecule has 5 rings (SSSR count). The number of nitriles is 4. The Morgan fingerprint density at radius 1 is 0.400 bits per heavy atom. The Labute approximate surface area is 269 Å². The van der Waals surface area contributed by atoms with Gasteiger partial charge in [-0.1, -0.05) is 0 Å². The Kier molecular flexibility index (Phi) is 8.13. The molecule has 0 bridgehead atoms. The Balaban J connectivity index is 1.99. The lowest BCUT2D eigenvalue weighted by molar-refractivity contribution is -0.144. The van der Waals surface area contributed by atoms with E-state index < -0.39 is 91.1 Å². The highest BCUT2D eigenvalue weighted by atomic mass is 19.4. The first-order valence-electron chi connectivity index (χ1n) is 13.2. The lowest BCUT2D eigenvalue weighted by atomic mass is 9.97. The van der Waals surface area contributed by atoms with Gasteiger partial charge in [-0.15, -0.1) is 0 Å². The van der Waals surface area contributed by atoms with Crippen LogP contribution in [0.15, 0.2) is 58.5 Å². The minimum Gasteiger partial charge on any atom is -0.192 e. The summed E-state index contributed by atoms with van der Waals surface area (Å²) in [7, 11) is 0. The lowest BCUT2D eigenvalue weighted by Crippen LogP contribution is -2.12. The van der Waals surface area contributed by atoms with Gasteiger partial charge in [-0.25, -0.2) is 0 Å². The molecule has 6 nitrogen and oxygen atoms in total. The molecule has 0 unspecified atom stereocenters. The third kappa shape index (κ3) is 5.92. The Morgan fingerprint density at radius 3 is 0.900 bits per heavy atom. The molecule has 0 heterocycles. The maximum absolute atomic E-state index is 13.7. The van der Waals surface area contributed by atoms with Gasteiger partial charge >= 0.3 is 24.7 Å². The summed E-state index contributed by atoms with van der Waals surface area (Å²) in [5.41, 5.74) is -11.4. The van der Waals surface area contributed by atoms with Crippen LogP contribution in [0.5, 0.6) is 0 Å². The van der Waals surface area contributed by atoms with Crippen LogP contribution in [0.4, 0.5) is 52.7 Å². The standard InChI is InChI=1S/C32H8F12N6/c33-29(34,35)15-1-13(2-16(5-15)30(36,37)38)25-23(9-45)19-7-22-20(8-21(19)27(25)49-11-47)24(10-46)26(28(22)50-12-48)14-3-17(31(39,40)41)6-18(4-14)32(42,43)44/h1-8H/b49-27+,50-28+. The number of hydrogen-bond acceptors (Lipinski definition) is 6. The molecule has 0 atom stereocenters. The summed E-state index contributed by atoms with van der Waals surface area (Å²) in [6.45, 7) is 0. The molecule has 0 fully saturated rings. The second kappa shape index (κ2) is 11.6. The van der Waals surface area contributed by atoms with E-state index in [1.807, 2.05) is 0 Å². The molecule has 0 aromatic heterocycles. The van der Waals surface area contributed by atoms with E-state index in [4.69, 9.17) is 0 Å². The molecule has 0 saturated carbocycles. The predicted molar refractivity (Wildman–Crippen MR) is 146 cm³/mol. The molecule has 18 heteroatoms. The fraction of sp³-hybridized carbons (Fsp3) is 0.125. The zero-order chi connectivity index (χ0) is 37.1. The summed E-state index contributed by atoms with van der Waals surface area (Å²) in [4.78, 5) is 7.02. The highest BCUT2D eigenvalue weighted by molar-refractivity contribution is 6.10. The van der Waals surface area contributed by atoms with Crippen molar-refractivity contribution in [3.05, 3.63) is 92.6 Å². The molecule has 50 heavy (non-hydrogen) atoms. The van der Waals surface area contributed by atoms with Crippen LogP contribution in [0.2, 0.25) is 0 Å². The van der Waals surface area contributed by atoms with E-state index in [1.54, 1.807) is 12.1 Å². The average Bonchev–Trinajstić information content (AvgIpc) is 3.49. The molecule has 5 aromatic carbocycles. The minimum absolute atomic E-state index is 0.179. The molecule has 0 saturated heterocycles. The zero-order valence-corrected chi connectivity index (χ0v) is 23.8. The largest absolute Gasteiger partial charge is 0.416 e. The van der Waals surface area contributed by atoms with Gasteiger partial charge in [0.15, 0.2) is 0 Å². The highest BCUT2D eigenvalue weighted by Crippen LogP contribution is 2.43. The first-order chi connectivity index (χ1) is 23.1. The molecule has 0 aliphatic carbocycles. The SMILES string of the molecule is N#C/N=c1/c(-c2cc(C(F)(F)F)cc(C(F)(F)F)c2)c(C#N)c2cc3/c(=N\C#N)c(-c4cc(C(F)(F)F)cc(C(F)(F)F)c4)c(C#N)c3cc12. The van der Waals surface area contributed by atoms with E-state index in [-0.39, 0.29) is 57.9 Å². The van der Waals surface area contributed by atoms with Crippen LogP contribution in [0, 0.1) is 45.6 Å². The highest BCUT2D eigenvalue weighted by Gasteiger charge is 2.39. The molecule has 0 radical (unpaired) electrons. The van der Waals surface area contributed by atoms with Crippen LogP contribution in [-0.2, 0) is 24.7 Å². The second-order valence-electron chi connectivity index (χ2n) is 10.4. The number of alkyl halides is 12. The van der Waals surface area contributed by atoms with E-state index in [0.29, 0.717) is 0 Å². The van der Waals surface area contributed by atoms with Gasteiger partial charge in [-0.3, -0.25) is 0 Å². The van der Waals surface area contributed by atoms with Crippen molar-refractivity contribution < 1.29 is 52.7 Å². The first kappa shape index (κ1) is 34.9. The van der Waals surface area contributed by atoms with E-state index >= 15 is 0 Å². The predicted octanol–water partition coefficient (Wildman–Crippen LogP) is 8.78. The maximum Gasteiger partial charge on any atom is 0.416 e. The van der Waals surface area contributed by atoms with Gasteiger partial charge in [0.1, 0.15) is 12.1 Å². The summed E-state index contributed by atoms with van der Waals surface area (Å²) in [5.74, 6) is 0. The number of benzene rings is 3. The van der Waals surface area contributed by atoms with Gasteiger partial charge in [-0.05, 0) is 59.7 Å². The van der Waals surface area contributed by atoms with Crippen molar-refractivity contribution >= 4 is 21.5 Å². The summed E-state index contributed by atoms with van der Waals surface area (Å²) >= 11 is 0. The first-order valence-corrected chi connectivity index (χ1v) is 13.2. The van der Waals surface area contributed by atoms with E-state index in [9.17, 15) is 73.7 Å². The Hall–Kier alpha value is -6.40. The van der Waals surface area contributed by atoms with Crippen molar-refractivity contribution in [1.29, 1.82) is 21.0 Å². The summed E-state index contributed by atoms with van der Waals surface area (Å²) in [6.07, 6.45) is -18.6. The summed E-state index contributed by atoms with van der Waals surface area (Å²) in [5, 5.41) is 36.4. The van der Waals surface area contributed by atoms with Crippen molar-refractivity contribution in [1.82, 2.24) is 0 Å². The van der Waals surface area contributed by atoms with Crippen LogP contribution < -0.4 is 10.7 Å². The van der Waals surface area contributed by atoms with Gasteiger partial charge < -0.3 is 0 Å². The van der Waals surface area contributed by atoms with E-state index in [2.05, 4.69) is 9.98 Å². The third-order valence-electron chi connectivity index (χ3n) is 7.48. The van der Waals surface area contributed by atoms with Gasteiger partial charge in [0, 0.05) is 32.7 Å². The van der Waals surface area contributed by atoms with Crippen molar-refractivity contribution in [2.24, 2.45) is 9.98 Å². The van der Waals surface area contributed by atoms with Crippen molar-refractivity contribution in [3.8, 4) is 46.8 Å². The molecule has 0 amide bonds. The second-order valence-corrected chi connectivity index (χ2v) is 10.4. The number of nitrogens with zero attached hydrogens (tertiary/aromatic N) is 6. The van der Waals surface area contributed by atoms with Crippen LogP contribution in [-0.4, -0.2) is 0 Å².